The average Bonchev–Trinajstić information content (AvgIpc) is 3.35. The Morgan fingerprint density at radius 3 is 1.08 bits per heavy atom. The number of fused-ring (bicyclic) bond motifs is 7. The maximum atomic E-state index is 12.5. The van der Waals surface area contributed by atoms with Gasteiger partial charge in [0.2, 0.25) is 0 Å². The van der Waals surface area contributed by atoms with Crippen LogP contribution in [0.4, 0.5) is 26.3 Å². The van der Waals surface area contributed by atoms with Gasteiger partial charge in [0, 0.05) is 144 Å². The van der Waals surface area contributed by atoms with Gasteiger partial charge in [0.15, 0.2) is 0 Å². The summed E-state index contributed by atoms with van der Waals surface area (Å²) in [5.74, 6) is -5.02. The Balaban J connectivity index is 0.000000172. The molecule has 0 aliphatic heterocycles. The largest absolute Gasteiger partial charge is 0.507 e. The van der Waals surface area contributed by atoms with E-state index in [-0.39, 0.29) is 119 Å². The Hall–Kier alpha value is -4.95. The van der Waals surface area contributed by atoms with E-state index in [4.69, 9.17) is 0 Å². The molecule has 9 aromatic rings. The molecule has 0 unspecified atom stereocenters. The van der Waals surface area contributed by atoms with Crippen LogP contribution in [0, 0.1) is 106 Å². The predicted molar refractivity (Wildman–Crippen MR) is 260 cm³/mol. The summed E-state index contributed by atoms with van der Waals surface area (Å²) in [5.41, 5.74) is 7.68. The van der Waals surface area contributed by atoms with Crippen molar-refractivity contribution in [1.82, 2.24) is 9.97 Å². The third-order valence-corrected chi connectivity index (χ3v) is 12.2. The quantitative estimate of drug-likeness (QED) is 0.103. The van der Waals surface area contributed by atoms with Crippen molar-refractivity contribution in [2.45, 2.75) is 38.0 Å². The number of hydrogen-bond acceptors (Lipinski definition) is 6. The number of pyridine rings is 2. The first-order valence-electron chi connectivity index (χ1n) is 21.6. The summed E-state index contributed by atoms with van der Waals surface area (Å²) in [5, 5.41) is 25.9. The number of nitrogens with zero attached hydrogens (tertiary/aromatic N) is 2. The maximum absolute atomic E-state index is 12.5. The number of aromatic nitrogens is 2. The Morgan fingerprint density at radius 1 is 0.423 bits per heavy atom. The number of ketones is 2. The first kappa shape index (κ1) is 55.4. The number of aryl methyl sites for hydroxylation is 2. The van der Waals surface area contributed by atoms with Crippen LogP contribution in [0.1, 0.15) is 35.1 Å². The van der Waals surface area contributed by atoms with E-state index in [0.29, 0.717) is 24.0 Å². The molecular formula is C57H41Eu2F6N2O4-. The van der Waals surface area contributed by atoms with Gasteiger partial charge in [0.25, 0.3) is 11.6 Å². The zero-order chi connectivity index (χ0) is 47.7. The second kappa shape index (κ2) is 23.3. The molecule has 0 atom stereocenters. The third kappa shape index (κ3) is 11.8. The van der Waals surface area contributed by atoms with Crippen LogP contribution in [-0.2, 0) is 22.4 Å². The SMILES string of the molecule is O=C(C1=C(O)c2cc3ccccc3cc2CC1)C(F)(F)F.O=C(C1=C(O)c2cc3ccccc3cc2CC1)C(F)(F)F.[CH3-].[Eu].[Eu].c1ccc(-c2ccnc3c2ccc2c(-c4ccccc4)ccnc23)cc1. The number of hydrogen-bond donors (Lipinski definition) is 2. The molecule has 11 rings (SSSR count). The molecule has 2 radical (unpaired) electrons. The molecule has 360 valence electrons. The minimum Gasteiger partial charge on any atom is -0.507 e. The van der Waals surface area contributed by atoms with Gasteiger partial charge in [0.1, 0.15) is 11.5 Å². The molecule has 14 heteroatoms. The van der Waals surface area contributed by atoms with E-state index < -0.39 is 46.6 Å². The number of Topliss-reactive ketones (excluding diaryl/α,β-unsaturated/α-hetero) is 2. The van der Waals surface area contributed by atoms with Crippen molar-refractivity contribution in [2.24, 2.45) is 0 Å². The van der Waals surface area contributed by atoms with Crippen LogP contribution < -0.4 is 0 Å². The molecular weight excluding hydrogens is 1190 g/mol. The summed E-state index contributed by atoms with van der Waals surface area (Å²) in [7, 11) is 0. The van der Waals surface area contributed by atoms with Crippen LogP contribution in [0.15, 0.2) is 181 Å². The van der Waals surface area contributed by atoms with Crippen molar-refractivity contribution in [2.75, 3.05) is 0 Å². The number of alkyl halides is 6. The summed E-state index contributed by atoms with van der Waals surface area (Å²) in [6, 6.07) is 51.0. The fourth-order valence-electron chi connectivity index (χ4n) is 8.86. The van der Waals surface area contributed by atoms with Gasteiger partial charge >= 0.3 is 12.4 Å². The average molecular weight is 1240 g/mol. The van der Waals surface area contributed by atoms with Crippen LogP contribution in [0.2, 0.25) is 0 Å². The first-order valence-corrected chi connectivity index (χ1v) is 21.6. The van der Waals surface area contributed by atoms with E-state index in [1.54, 1.807) is 24.3 Å². The Bertz CT molecular complexity index is 3270. The Kier molecular flexibility index (Phi) is 18.2. The van der Waals surface area contributed by atoms with Gasteiger partial charge in [-0.05, 0) is 105 Å². The van der Waals surface area contributed by atoms with Crippen LogP contribution in [0.25, 0.3) is 77.1 Å². The molecule has 0 spiro atoms. The molecule has 71 heavy (non-hydrogen) atoms. The predicted octanol–water partition coefficient (Wildman–Crippen LogP) is 14.9. The summed E-state index contributed by atoms with van der Waals surface area (Å²) < 4.78 is 75.2. The van der Waals surface area contributed by atoms with Gasteiger partial charge in [-0.2, -0.15) is 26.3 Å². The van der Waals surface area contributed by atoms with Gasteiger partial charge in [-0.15, -0.1) is 0 Å². The molecule has 2 aromatic heterocycles. The minimum atomic E-state index is -4.96. The van der Waals surface area contributed by atoms with Gasteiger partial charge in [-0.25, -0.2) is 0 Å². The first-order chi connectivity index (χ1) is 32.7. The van der Waals surface area contributed by atoms with Crippen LogP contribution in [-0.4, -0.2) is 44.1 Å². The van der Waals surface area contributed by atoms with Crippen molar-refractivity contribution in [3.05, 3.63) is 211 Å². The zero-order valence-electron chi connectivity index (χ0n) is 37.6. The number of halogens is 6. The van der Waals surface area contributed by atoms with Gasteiger partial charge in [-0.1, -0.05) is 133 Å². The molecule has 7 aromatic carbocycles. The van der Waals surface area contributed by atoms with E-state index in [9.17, 15) is 46.1 Å². The van der Waals surface area contributed by atoms with E-state index in [1.807, 2.05) is 73.1 Å². The van der Waals surface area contributed by atoms with Crippen molar-refractivity contribution < 1.29 is 145 Å². The smallest absolute Gasteiger partial charge is 0.454 e. The third-order valence-electron chi connectivity index (χ3n) is 12.2. The number of aliphatic hydroxyl groups excluding tert-OH is 2. The van der Waals surface area contributed by atoms with Crippen LogP contribution in [0.3, 0.4) is 0 Å². The second-order valence-electron chi connectivity index (χ2n) is 16.3. The maximum Gasteiger partial charge on any atom is 0.454 e. The van der Waals surface area contributed by atoms with E-state index in [2.05, 4.69) is 82.8 Å². The second-order valence-corrected chi connectivity index (χ2v) is 16.3. The summed E-state index contributed by atoms with van der Waals surface area (Å²) in [6.07, 6.45) is -5.76. The normalized spacial score (nSPS) is 13.0. The molecule has 0 bridgehead atoms. The number of rotatable bonds is 4. The summed E-state index contributed by atoms with van der Waals surface area (Å²) >= 11 is 0. The number of aliphatic hydroxyl groups is 2. The molecule has 2 aliphatic carbocycles. The topological polar surface area (TPSA) is 100 Å². The van der Waals surface area contributed by atoms with Crippen LogP contribution in [0.5, 0.6) is 0 Å². The fraction of sp³-hybridized carbons (Fsp3) is 0.105. The summed E-state index contributed by atoms with van der Waals surface area (Å²) in [6.45, 7) is 0. The molecule has 0 saturated carbocycles. The minimum absolute atomic E-state index is 0. The van der Waals surface area contributed by atoms with Crippen molar-refractivity contribution in [3.8, 4) is 22.3 Å². The molecule has 2 heterocycles. The van der Waals surface area contributed by atoms with E-state index in [0.717, 1.165) is 54.5 Å². The molecule has 0 amide bonds. The van der Waals surface area contributed by atoms with E-state index >= 15 is 0 Å². The van der Waals surface area contributed by atoms with Crippen molar-refractivity contribution in [1.29, 1.82) is 0 Å². The molecule has 2 aliphatic rings. The number of allylic oxidation sites excluding steroid dienone is 2. The zero-order valence-corrected chi connectivity index (χ0v) is 42.5. The summed E-state index contributed by atoms with van der Waals surface area (Å²) in [4.78, 5) is 32.1. The van der Waals surface area contributed by atoms with Crippen LogP contribution >= 0.6 is 0 Å². The Morgan fingerprint density at radius 2 is 0.746 bits per heavy atom. The van der Waals surface area contributed by atoms with Crippen molar-refractivity contribution in [3.63, 3.8) is 0 Å². The molecule has 2 N–H and O–H groups in total. The fourth-order valence-corrected chi connectivity index (χ4v) is 8.86. The van der Waals surface area contributed by atoms with Gasteiger partial charge in [-0.3, -0.25) is 19.6 Å². The molecule has 0 fully saturated rings. The monoisotopic (exact) mass is 1240 g/mol. The number of carbonyl (C=O) groups is 2. The number of carbonyl (C=O) groups excluding carboxylic acids is 2. The van der Waals surface area contributed by atoms with Gasteiger partial charge < -0.3 is 17.6 Å². The van der Waals surface area contributed by atoms with Gasteiger partial charge in [0.05, 0.1) is 11.0 Å². The van der Waals surface area contributed by atoms with E-state index in [1.165, 1.54) is 22.3 Å². The number of benzene rings is 7. The standard InChI is InChI=1S/C24H16N2.2C16H11F3O2.CH3.2Eu/c1-3-7-17(8-4-1)19-13-15-25-23-21(19)11-12-22-20(14-16-26-24(22)23)18-9-5-2-6-10-18;2*17-16(18,19)15(21)12-6-5-11-7-9-3-1-2-4-10(9)8-13(11)14(12)20;;;/h1-16H;2*1-4,7-8,20H,5-6H2;1H3;;/q;;;-1;;. The molecule has 0 saturated heterocycles. The van der Waals surface area contributed by atoms with Crippen molar-refractivity contribution >= 4 is 66.4 Å². The molecule has 6 nitrogen and oxygen atoms in total. The Labute approximate surface area is 486 Å².